The minimum absolute atomic E-state index is 0.0937. The van der Waals surface area contributed by atoms with Crippen LogP contribution in [-0.4, -0.2) is 5.91 Å². The maximum Gasteiger partial charge on any atom is 0.221 e. The molecule has 1 heterocycles. The van der Waals surface area contributed by atoms with Gasteiger partial charge in [0, 0.05) is 17.8 Å². The van der Waals surface area contributed by atoms with E-state index >= 15 is 0 Å². The van der Waals surface area contributed by atoms with Gasteiger partial charge in [0.15, 0.2) is 0 Å². The number of carbonyl (C=O) groups is 1. The van der Waals surface area contributed by atoms with Crippen LogP contribution in [0.15, 0.2) is 47.8 Å². The molecule has 0 bridgehead atoms. The Labute approximate surface area is 116 Å². The molecule has 0 saturated carbocycles. The largest absolute Gasteiger partial charge is 0.352 e. The van der Waals surface area contributed by atoms with Gasteiger partial charge in [-0.25, -0.2) is 0 Å². The molecule has 0 radical (unpaired) electrons. The Hall–Kier alpha value is -2.12. The zero-order valence-corrected chi connectivity index (χ0v) is 11.2. The van der Waals surface area contributed by atoms with Crippen molar-refractivity contribution >= 4 is 17.2 Å². The van der Waals surface area contributed by atoms with Crippen LogP contribution in [0.2, 0.25) is 0 Å². The number of hydrogen-bond acceptors (Lipinski definition) is 3. The summed E-state index contributed by atoms with van der Waals surface area (Å²) in [5, 5.41) is 13.9. The summed E-state index contributed by atoms with van der Waals surface area (Å²) < 4.78 is 0. The Morgan fingerprint density at radius 1 is 1.26 bits per heavy atom. The van der Waals surface area contributed by atoms with Crippen molar-refractivity contribution in [3.8, 4) is 6.07 Å². The minimum atomic E-state index is -0.351. The molecule has 0 spiro atoms. The minimum Gasteiger partial charge on any atom is -0.352 e. The van der Waals surface area contributed by atoms with Crippen LogP contribution in [0, 0.1) is 11.3 Å². The van der Waals surface area contributed by atoms with Gasteiger partial charge < -0.3 is 5.32 Å². The van der Waals surface area contributed by atoms with Crippen molar-refractivity contribution in [3.63, 3.8) is 0 Å². The zero-order valence-electron chi connectivity index (χ0n) is 10.4. The topological polar surface area (TPSA) is 52.9 Å². The summed E-state index contributed by atoms with van der Waals surface area (Å²) in [6, 6.07) is 15.7. The lowest BCUT2D eigenvalue weighted by molar-refractivity contribution is -0.121. The molecule has 1 aromatic carbocycles. The number of amides is 1. The molecule has 2 aromatic rings. The normalized spacial score (nSPS) is 11.5. The smallest absolute Gasteiger partial charge is 0.221 e. The molecule has 0 aliphatic rings. The van der Waals surface area contributed by atoms with Gasteiger partial charge in [-0.1, -0.05) is 36.4 Å². The van der Waals surface area contributed by atoms with Crippen molar-refractivity contribution in [2.45, 2.75) is 18.9 Å². The van der Waals surface area contributed by atoms with Crippen molar-refractivity contribution in [2.24, 2.45) is 0 Å². The molecule has 1 aromatic heterocycles. The summed E-state index contributed by atoms with van der Waals surface area (Å²) in [5.74, 6) is -0.445. The Morgan fingerprint density at radius 2 is 2.05 bits per heavy atom. The highest BCUT2D eigenvalue weighted by Gasteiger charge is 2.16. The van der Waals surface area contributed by atoms with Gasteiger partial charge in [0.25, 0.3) is 0 Å². The number of rotatable bonds is 5. The molecule has 3 nitrogen and oxygen atoms in total. The summed E-state index contributed by atoms with van der Waals surface area (Å²) in [7, 11) is 0. The van der Waals surface area contributed by atoms with Crippen LogP contribution in [0.3, 0.4) is 0 Å². The van der Waals surface area contributed by atoms with E-state index in [0.29, 0.717) is 6.54 Å². The molecule has 1 amide bonds. The number of benzene rings is 1. The van der Waals surface area contributed by atoms with E-state index in [9.17, 15) is 4.79 Å². The van der Waals surface area contributed by atoms with Crippen molar-refractivity contribution < 1.29 is 4.79 Å². The van der Waals surface area contributed by atoms with Crippen molar-refractivity contribution in [2.75, 3.05) is 0 Å². The summed E-state index contributed by atoms with van der Waals surface area (Å²) in [5.41, 5.74) is 1.06. The van der Waals surface area contributed by atoms with E-state index < -0.39 is 0 Å². The zero-order chi connectivity index (χ0) is 13.5. The number of nitrogens with zero attached hydrogens (tertiary/aromatic N) is 1. The SMILES string of the molecule is N#CC(CC(=O)NCc1ccccc1)c1cccs1. The van der Waals surface area contributed by atoms with Gasteiger partial charge in [-0.05, 0) is 17.0 Å². The summed E-state index contributed by atoms with van der Waals surface area (Å²) in [6.07, 6.45) is 0.212. The highest BCUT2D eigenvalue weighted by atomic mass is 32.1. The lowest BCUT2D eigenvalue weighted by atomic mass is 10.1. The van der Waals surface area contributed by atoms with Crippen LogP contribution in [-0.2, 0) is 11.3 Å². The van der Waals surface area contributed by atoms with Crippen LogP contribution in [0.5, 0.6) is 0 Å². The van der Waals surface area contributed by atoms with Gasteiger partial charge in [-0.2, -0.15) is 5.26 Å². The molecule has 2 rings (SSSR count). The van der Waals surface area contributed by atoms with E-state index in [0.717, 1.165) is 10.4 Å². The highest BCUT2D eigenvalue weighted by molar-refractivity contribution is 7.10. The molecule has 1 atom stereocenters. The van der Waals surface area contributed by atoms with Crippen LogP contribution in [0.4, 0.5) is 0 Å². The van der Waals surface area contributed by atoms with Crippen molar-refractivity contribution in [3.05, 3.63) is 58.3 Å². The van der Waals surface area contributed by atoms with Gasteiger partial charge >= 0.3 is 0 Å². The average molecular weight is 270 g/mol. The number of hydrogen-bond donors (Lipinski definition) is 1. The molecule has 0 aliphatic carbocycles. The number of carbonyl (C=O) groups excluding carboxylic acids is 1. The summed E-state index contributed by atoms with van der Waals surface area (Å²) >= 11 is 1.51. The standard InChI is InChI=1S/C15H14N2OS/c16-10-13(14-7-4-8-19-14)9-15(18)17-11-12-5-2-1-3-6-12/h1-8,13H,9,11H2,(H,17,18). The number of nitrogens with one attached hydrogen (secondary N) is 1. The molecule has 1 N–H and O–H groups in total. The van der Waals surface area contributed by atoms with Crippen LogP contribution >= 0.6 is 11.3 Å². The van der Waals surface area contributed by atoms with E-state index in [2.05, 4.69) is 11.4 Å². The molecule has 96 valence electrons. The fourth-order valence-electron chi connectivity index (χ4n) is 1.75. The Kier molecular flexibility index (Phi) is 4.71. The van der Waals surface area contributed by atoms with Crippen molar-refractivity contribution in [1.82, 2.24) is 5.32 Å². The van der Waals surface area contributed by atoms with Crippen LogP contribution in [0.1, 0.15) is 22.8 Å². The lowest BCUT2D eigenvalue weighted by Gasteiger charge is -2.08. The Balaban J connectivity index is 1.86. The van der Waals surface area contributed by atoms with Crippen molar-refractivity contribution in [1.29, 1.82) is 5.26 Å². The summed E-state index contributed by atoms with van der Waals surface area (Å²) in [4.78, 5) is 12.8. The quantitative estimate of drug-likeness (QED) is 0.907. The molecular weight excluding hydrogens is 256 g/mol. The van der Waals surface area contributed by atoms with E-state index in [-0.39, 0.29) is 18.2 Å². The van der Waals surface area contributed by atoms with Gasteiger partial charge in [-0.15, -0.1) is 11.3 Å². The van der Waals surface area contributed by atoms with Gasteiger partial charge in [0.2, 0.25) is 5.91 Å². The van der Waals surface area contributed by atoms with E-state index in [4.69, 9.17) is 5.26 Å². The molecule has 0 saturated heterocycles. The first-order chi connectivity index (χ1) is 9.29. The number of nitriles is 1. The molecule has 19 heavy (non-hydrogen) atoms. The third-order valence-corrected chi connectivity index (χ3v) is 3.75. The fourth-order valence-corrected chi connectivity index (χ4v) is 2.53. The predicted molar refractivity (Wildman–Crippen MR) is 75.6 cm³/mol. The second-order valence-corrected chi connectivity index (χ2v) is 5.14. The van der Waals surface area contributed by atoms with E-state index in [1.54, 1.807) is 0 Å². The fraction of sp³-hybridized carbons (Fsp3) is 0.200. The molecule has 1 unspecified atom stereocenters. The molecule has 0 aliphatic heterocycles. The second kappa shape index (κ2) is 6.72. The average Bonchev–Trinajstić information content (AvgIpc) is 2.97. The Bertz CT molecular complexity index is 558. The van der Waals surface area contributed by atoms with Gasteiger partial charge in [0.05, 0.1) is 12.0 Å². The third kappa shape index (κ3) is 3.94. The van der Waals surface area contributed by atoms with E-state index in [1.165, 1.54) is 11.3 Å². The molecule has 0 fully saturated rings. The first-order valence-corrected chi connectivity index (χ1v) is 6.91. The first kappa shape index (κ1) is 13.3. The maximum atomic E-state index is 11.8. The van der Waals surface area contributed by atoms with E-state index in [1.807, 2.05) is 47.8 Å². The molecular formula is C15H14N2OS. The van der Waals surface area contributed by atoms with Crippen LogP contribution in [0.25, 0.3) is 0 Å². The van der Waals surface area contributed by atoms with Crippen LogP contribution < -0.4 is 5.32 Å². The highest BCUT2D eigenvalue weighted by Crippen LogP contribution is 2.23. The maximum absolute atomic E-state index is 11.8. The molecule has 4 heteroatoms. The lowest BCUT2D eigenvalue weighted by Crippen LogP contribution is -2.24. The first-order valence-electron chi connectivity index (χ1n) is 6.03. The number of thiophene rings is 1. The predicted octanol–water partition coefficient (Wildman–Crippen LogP) is 3.06. The third-order valence-electron chi connectivity index (χ3n) is 2.76. The summed E-state index contributed by atoms with van der Waals surface area (Å²) in [6.45, 7) is 0.502. The monoisotopic (exact) mass is 270 g/mol. The van der Waals surface area contributed by atoms with Gasteiger partial charge in [0.1, 0.15) is 0 Å². The van der Waals surface area contributed by atoms with Gasteiger partial charge in [-0.3, -0.25) is 4.79 Å². The second-order valence-electron chi connectivity index (χ2n) is 4.16. The Morgan fingerprint density at radius 3 is 2.68 bits per heavy atom.